The molecule has 152 valence electrons. The zero-order valence-corrected chi connectivity index (χ0v) is 17.1. The number of hydrogen-bond donors (Lipinski definition) is 0. The first kappa shape index (κ1) is 18.3. The molecule has 28 heavy (non-hydrogen) atoms. The number of aromatic nitrogens is 4. The van der Waals surface area contributed by atoms with Crippen LogP contribution in [0.5, 0.6) is 0 Å². The highest BCUT2D eigenvalue weighted by atomic mass is 15.4. The van der Waals surface area contributed by atoms with E-state index in [0.29, 0.717) is 12.0 Å². The molecular formula is C21H33N7. The van der Waals surface area contributed by atoms with E-state index in [4.69, 9.17) is 5.10 Å². The van der Waals surface area contributed by atoms with E-state index in [0.717, 1.165) is 30.4 Å². The zero-order valence-electron chi connectivity index (χ0n) is 17.1. The Kier molecular flexibility index (Phi) is 5.20. The fraction of sp³-hybridized carbons (Fsp3) is 0.762. The maximum atomic E-state index is 4.87. The van der Waals surface area contributed by atoms with Crippen LogP contribution in [0.2, 0.25) is 0 Å². The average Bonchev–Trinajstić information content (AvgIpc) is 2.85. The topological polar surface area (TPSA) is 52.8 Å². The van der Waals surface area contributed by atoms with Crippen LogP contribution in [-0.2, 0) is 0 Å². The number of likely N-dealkylation sites (tertiary alicyclic amines) is 1. The molecule has 0 bridgehead atoms. The standard InChI is InChI=1S/C21H33N7/c1-25(13-14-26-11-4-2-3-5-12-26)18-15-27(16-18)20-10-9-19-22-23-21(28(19)24-20)17-7-6-8-17/h9-10,17-18H,2-8,11-16H2,1H3. The number of rotatable bonds is 6. The second-order valence-corrected chi connectivity index (χ2v) is 8.94. The number of nitrogens with zero attached hydrogens (tertiary/aromatic N) is 7. The fourth-order valence-corrected chi connectivity index (χ4v) is 4.65. The van der Waals surface area contributed by atoms with Crippen molar-refractivity contribution >= 4 is 11.5 Å². The molecule has 5 rings (SSSR count). The van der Waals surface area contributed by atoms with Gasteiger partial charge in [0.1, 0.15) is 5.82 Å². The smallest absolute Gasteiger partial charge is 0.178 e. The van der Waals surface area contributed by atoms with Crippen LogP contribution < -0.4 is 4.90 Å². The summed E-state index contributed by atoms with van der Waals surface area (Å²) in [6.45, 7) is 7.09. The van der Waals surface area contributed by atoms with Crippen LogP contribution in [0.25, 0.3) is 5.65 Å². The van der Waals surface area contributed by atoms with Gasteiger partial charge in [0.15, 0.2) is 11.5 Å². The van der Waals surface area contributed by atoms with Gasteiger partial charge in [0.25, 0.3) is 0 Å². The first-order valence-electron chi connectivity index (χ1n) is 11.2. The monoisotopic (exact) mass is 383 g/mol. The van der Waals surface area contributed by atoms with Crippen molar-refractivity contribution < 1.29 is 0 Å². The normalized spacial score (nSPS) is 22.4. The average molecular weight is 384 g/mol. The molecule has 7 heteroatoms. The lowest BCUT2D eigenvalue weighted by Crippen LogP contribution is -2.59. The lowest BCUT2D eigenvalue weighted by atomic mass is 9.85. The molecule has 2 aromatic rings. The van der Waals surface area contributed by atoms with Crippen LogP contribution >= 0.6 is 0 Å². The summed E-state index contributed by atoms with van der Waals surface area (Å²) < 4.78 is 1.98. The molecule has 0 unspecified atom stereocenters. The van der Waals surface area contributed by atoms with Gasteiger partial charge in [-0.15, -0.1) is 15.3 Å². The Morgan fingerprint density at radius 1 is 1.00 bits per heavy atom. The lowest BCUT2D eigenvalue weighted by molar-refractivity contribution is 0.169. The molecule has 7 nitrogen and oxygen atoms in total. The van der Waals surface area contributed by atoms with Crippen LogP contribution in [0.15, 0.2) is 12.1 Å². The summed E-state index contributed by atoms with van der Waals surface area (Å²) in [7, 11) is 2.28. The third-order valence-corrected chi connectivity index (χ3v) is 7.02. The summed E-state index contributed by atoms with van der Waals surface area (Å²) in [5.41, 5.74) is 0.872. The fourth-order valence-electron chi connectivity index (χ4n) is 4.65. The number of fused-ring (bicyclic) bond motifs is 1. The van der Waals surface area contributed by atoms with Gasteiger partial charge in [0.2, 0.25) is 0 Å². The molecule has 2 aliphatic heterocycles. The van der Waals surface area contributed by atoms with E-state index < -0.39 is 0 Å². The summed E-state index contributed by atoms with van der Waals surface area (Å²) in [4.78, 5) is 7.58. The maximum Gasteiger partial charge on any atom is 0.178 e. The van der Waals surface area contributed by atoms with Gasteiger partial charge in [0.05, 0.1) is 0 Å². The summed E-state index contributed by atoms with van der Waals surface area (Å²) in [6.07, 6.45) is 9.33. The zero-order chi connectivity index (χ0) is 18.9. The first-order valence-corrected chi connectivity index (χ1v) is 11.2. The van der Waals surface area contributed by atoms with Crippen LogP contribution in [0.1, 0.15) is 56.7 Å². The van der Waals surface area contributed by atoms with Crippen molar-refractivity contribution in [2.45, 2.75) is 56.9 Å². The Balaban J connectivity index is 1.16. The van der Waals surface area contributed by atoms with Crippen LogP contribution in [0, 0.1) is 0 Å². The summed E-state index contributed by atoms with van der Waals surface area (Å²) in [5.74, 6) is 2.66. The quantitative estimate of drug-likeness (QED) is 0.763. The Morgan fingerprint density at radius 3 is 2.50 bits per heavy atom. The molecule has 3 aliphatic rings. The molecule has 2 saturated heterocycles. The van der Waals surface area contributed by atoms with Crippen molar-refractivity contribution in [2.75, 3.05) is 51.2 Å². The van der Waals surface area contributed by atoms with Crippen molar-refractivity contribution in [3.8, 4) is 0 Å². The van der Waals surface area contributed by atoms with Gasteiger partial charge >= 0.3 is 0 Å². The highest BCUT2D eigenvalue weighted by molar-refractivity contribution is 5.48. The summed E-state index contributed by atoms with van der Waals surface area (Å²) >= 11 is 0. The van der Waals surface area contributed by atoms with E-state index in [-0.39, 0.29) is 0 Å². The van der Waals surface area contributed by atoms with E-state index in [9.17, 15) is 0 Å². The van der Waals surface area contributed by atoms with Crippen molar-refractivity contribution in [3.63, 3.8) is 0 Å². The first-order chi connectivity index (χ1) is 13.8. The second-order valence-electron chi connectivity index (χ2n) is 8.94. The van der Waals surface area contributed by atoms with E-state index in [1.54, 1.807) is 0 Å². The van der Waals surface area contributed by atoms with Gasteiger partial charge in [0, 0.05) is 38.1 Å². The lowest BCUT2D eigenvalue weighted by Gasteiger charge is -2.45. The third kappa shape index (κ3) is 3.62. The van der Waals surface area contributed by atoms with Crippen molar-refractivity contribution in [1.82, 2.24) is 29.6 Å². The maximum absolute atomic E-state index is 4.87. The third-order valence-electron chi connectivity index (χ3n) is 7.02. The van der Waals surface area contributed by atoms with Crippen LogP contribution in [-0.4, -0.2) is 82.0 Å². The van der Waals surface area contributed by atoms with Gasteiger partial charge < -0.3 is 9.80 Å². The van der Waals surface area contributed by atoms with Gasteiger partial charge in [-0.2, -0.15) is 4.52 Å². The van der Waals surface area contributed by atoms with E-state index >= 15 is 0 Å². The van der Waals surface area contributed by atoms with Crippen molar-refractivity contribution in [2.24, 2.45) is 0 Å². The summed E-state index contributed by atoms with van der Waals surface area (Å²) in [6, 6.07) is 4.80. The second kappa shape index (κ2) is 7.95. The minimum absolute atomic E-state index is 0.548. The highest BCUT2D eigenvalue weighted by Gasteiger charge is 2.32. The number of anilines is 1. The van der Waals surface area contributed by atoms with Gasteiger partial charge in [-0.25, -0.2) is 0 Å². The minimum Gasteiger partial charge on any atom is -0.352 e. The molecule has 1 saturated carbocycles. The van der Waals surface area contributed by atoms with Crippen LogP contribution in [0.3, 0.4) is 0 Å². The molecule has 0 amide bonds. The molecule has 2 aromatic heterocycles. The molecular weight excluding hydrogens is 350 g/mol. The molecule has 0 atom stereocenters. The molecule has 3 fully saturated rings. The SMILES string of the molecule is CN(CCN1CCCCCC1)C1CN(c2ccc3nnc(C4CCC4)n3n2)C1. The van der Waals surface area contributed by atoms with Crippen molar-refractivity contribution in [1.29, 1.82) is 0 Å². The summed E-state index contributed by atoms with van der Waals surface area (Å²) in [5, 5.41) is 13.6. The van der Waals surface area contributed by atoms with Gasteiger partial charge in [-0.1, -0.05) is 19.3 Å². The Bertz CT molecular complexity index is 785. The minimum atomic E-state index is 0.548. The van der Waals surface area contributed by atoms with E-state index in [2.05, 4.69) is 44.1 Å². The Labute approximate surface area is 167 Å². The highest BCUT2D eigenvalue weighted by Crippen LogP contribution is 2.35. The Morgan fingerprint density at radius 2 is 1.79 bits per heavy atom. The molecule has 0 radical (unpaired) electrons. The van der Waals surface area contributed by atoms with Gasteiger partial charge in [-0.3, -0.25) is 4.90 Å². The van der Waals surface area contributed by atoms with Crippen LogP contribution in [0.4, 0.5) is 5.82 Å². The molecule has 4 heterocycles. The number of likely N-dealkylation sites (N-methyl/N-ethyl adjacent to an activating group) is 1. The van der Waals surface area contributed by atoms with Crippen molar-refractivity contribution in [3.05, 3.63) is 18.0 Å². The predicted molar refractivity (Wildman–Crippen MR) is 111 cm³/mol. The van der Waals surface area contributed by atoms with E-state index in [1.807, 2.05) is 4.52 Å². The molecule has 0 N–H and O–H groups in total. The molecule has 0 aromatic carbocycles. The van der Waals surface area contributed by atoms with E-state index in [1.165, 1.54) is 71.1 Å². The molecule has 1 aliphatic carbocycles. The Hall–Kier alpha value is -1.73. The predicted octanol–water partition coefficient (Wildman–Crippen LogP) is 2.39. The largest absolute Gasteiger partial charge is 0.352 e. The number of hydrogen-bond acceptors (Lipinski definition) is 6. The van der Waals surface area contributed by atoms with Gasteiger partial charge in [-0.05, 0) is 58.0 Å². The molecule has 0 spiro atoms.